The van der Waals surface area contributed by atoms with Gasteiger partial charge >= 0.3 is 0 Å². The Labute approximate surface area is 103 Å². The number of para-hydroxylation sites is 1. The zero-order chi connectivity index (χ0) is 12.5. The molecule has 2 aromatic heterocycles. The molecule has 0 atom stereocenters. The van der Waals surface area contributed by atoms with Crippen molar-refractivity contribution in [2.24, 2.45) is 5.73 Å². The lowest BCUT2D eigenvalue weighted by Gasteiger charge is -2.04. The van der Waals surface area contributed by atoms with E-state index in [4.69, 9.17) is 5.73 Å². The maximum absolute atomic E-state index is 5.60. The lowest BCUT2D eigenvalue weighted by atomic mass is 10.2. The minimum absolute atomic E-state index is 0.435. The largest absolute Gasteiger partial charge is 0.326 e. The van der Waals surface area contributed by atoms with Crippen molar-refractivity contribution in [1.29, 1.82) is 0 Å². The summed E-state index contributed by atoms with van der Waals surface area (Å²) in [5, 5.41) is 8.15. The molecule has 90 valence electrons. The Kier molecular flexibility index (Phi) is 2.49. The molecule has 3 rings (SSSR count). The molecule has 0 aliphatic rings. The van der Waals surface area contributed by atoms with Crippen LogP contribution in [0, 0.1) is 6.92 Å². The molecule has 6 nitrogen and oxygen atoms in total. The molecule has 0 aliphatic heterocycles. The number of rotatable bonds is 2. The van der Waals surface area contributed by atoms with E-state index in [0.29, 0.717) is 12.5 Å². The number of benzene rings is 1. The van der Waals surface area contributed by atoms with E-state index in [1.807, 2.05) is 31.2 Å². The first-order chi connectivity index (χ1) is 8.79. The highest BCUT2D eigenvalue weighted by molar-refractivity contribution is 5.75. The van der Waals surface area contributed by atoms with Gasteiger partial charge in [-0.3, -0.25) is 0 Å². The fourth-order valence-electron chi connectivity index (χ4n) is 1.80. The first kappa shape index (κ1) is 10.8. The molecule has 0 unspecified atom stereocenters. The summed E-state index contributed by atoms with van der Waals surface area (Å²) in [4.78, 5) is 8.68. The molecule has 2 N–H and O–H groups in total. The Balaban J connectivity index is 2.17. The van der Waals surface area contributed by atoms with Crippen LogP contribution in [0.1, 0.15) is 11.3 Å². The van der Waals surface area contributed by atoms with Crippen molar-refractivity contribution in [1.82, 2.24) is 25.0 Å². The SMILES string of the molecule is Cc1nc(-n2nnc3ccccc32)ncc1CN. The highest BCUT2D eigenvalue weighted by Gasteiger charge is 2.09. The summed E-state index contributed by atoms with van der Waals surface area (Å²) in [5.41, 5.74) is 9.10. The van der Waals surface area contributed by atoms with E-state index in [0.717, 1.165) is 22.3 Å². The standard InChI is InChI=1S/C12H12N6/c1-8-9(6-13)7-14-12(15-8)18-11-5-3-2-4-10(11)16-17-18/h2-5,7H,6,13H2,1H3. The van der Waals surface area contributed by atoms with E-state index >= 15 is 0 Å². The first-order valence-electron chi connectivity index (χ1n) is 5.63. The van der Waals surface area contributed by atoms with Gasteiger partial charge in [-0.05, 0) is 19.1 Å². The second-order valence-corrected chi connectivity index (χ2v) is 3.97. The topological polar surface area (TPSA) is 82.5 Å². The minimum atomic E-state index is 0.435. The van der Waals surface area contributed by atoms with Gasteiger partial charge in [-0.15, -0.1) is 5.10 Å². The van der Waals surface area contributed by atoms with Gasteiger partial charge in [-0.25, -0.2) is 9.97 Å². The van der Waals surface area contributed by atoms with Crippen LogP contribution >= 0.6 is 0 Å². The molecule has 0 fully saturated rings. The van der Waals surface area contributed by atoms with Crippen LogP contribution in [-0.2, 0) is 6.54 Å². The predicted molar refractivity (Wildman–Crippen MR) is 67.1 cm³/mol. The molecule has 6 heteroatoms. The number of aromatic nitrogens is 5. The number of nitrogens with two attached hydrogens (primary N) is 1. The summed E-state index contributed by atoms with van der Waals surface area (Å²) in [7, 11) is 0. The monoisotopic (exact) mass is 240 g/mol. The molecule has 0 amide bonds. The number of fused-ring (bicyclic) bond motifs is 1. The van der Waals surface area contributed by atoms with Crippen LogP contribution in [0.3, 0.4) is 0 Å². The van der Waals surface area contributed by atoms with E-state index in [-0.39, 0.29) is 0 Å². The van der Waals surface area contributed by atoms with E-state index < -0.39 is 0 Å². The van der Waals surface area contributed by atoms with E-state index in [1.54, 1.807) is 10.9 Å². The fraction of sp³-hybridized carbons (Fsp3) is 0.167. The van der Waals surface area contributed by atoms with Crippen LogP contribution < -0.4 is 5.73 Å². The lowest BCUT2D eigenvalue weighted by Crippen LogP contribution is -2.08. The Morgan fingerprint density at radius 3 is 2.89 bits per heavy atom. The molecule has 0 saturated heterocycles. The van der Waals surface area contributed by atoms with Gasteiger partial charge in [0.15, 0.2) is 0 Å². The molecule has 18 heavy (non-hydrogen) atoms. The maximum Gasteiger partial charge on any atom is 0.252 e. The molecule has 1 aromatic carbocycles. The second kappa shape index (κ2) is 4.15. The third-order valence-corrected chi connectivity index (χ3v) is 2.83. The van der Waals surface area contributed by atoms with Gasteiger partial charge in [0.25, 0.3) is 5.95 Å². The molecule has 0 saturated carbocycles. The zero-order valence-electron chi connectivity index (χ0n) is 9.91. The van der Waals surface area contributed by atoms with Crippen LogP contribution in [-0.4, -0.2) is 25.0 Å². The van der Waals surface area contributed by atoms with Crippen LogP contribution in [0.5, 0.6) is 0 Å². The van der Waals surface area contributed by atoms with E-state index in [9.17, 15) is 0 Å². The van der Waals surface area contributed by atoms with Gasteiger partial charge in [-0.1, -0.05) is 17.3 Å². The quantitative estimate of drug-likeness (QED) is 0.722. The van der Waals surface area contributed by atoms with Crippen molar-refractivity contribution < 1.29 is 0 Å². The van der Waals surface area contributed by atoms with Gasteiger partial charge in [0.2, 0.25) is 0 Å². The van der Waals surface area contributed by atoms with Crippen molar-refractivity contribution in [2.75, 3.05) is 0 Å². The Bertz CT molecular complexity index is 703. The second-order valence-electron chi connectivity index (χ2n) is 3.97. The van der Waals surface area contributed by atoms with Gasteiger partial charge in [-0.2, -0.15) is 4.68 Å². The molecular weight excluding hydrogens is 228 g/mol. The Hall–Kier alpha value is -2.34. The molecular formula is C12H12N6. The van der Waals surface area contributed by atoms with E-state index in [1.165, 1.54) is 0 Å². The van der Waals surface area contributed by atoms with Crippen molar-refractivity contribution in [3.8, 4) is 5.95 Å². The van der Waals surface area contributed by atoms with Crippen molar-refractivity contribution in [3.63, 3.8) is 0 Å². The van der Waals surface area contributed by atoms with Gasteiger partial charge in [0.05, 0.1) is 5.52 Å². The summed E-state index contributed by atoms with van der Waals surface area (Å²) in [6.07, 6.45) is 1.73. The fourth-order valence-corrected chi connectivity index (χ4v) is 1.80. The third-order valence-electron chi connectivity index (χ3n) is 2.83. The average Bonchev–Trinajstić information content (AvgIpc) is 2.82. The highest BCUT2D eigenvalue weighted by atomic mass is 15.5. The molecule has 0 spiro atoms. The Morgan fingerprint density at radius 1 is 1.28 bits per heavy atom. The zero-order valence-corrected chi connectivity index (χ0v) is 9.91. The van der Waals surface area contributed by atoms with Crippen LogP contribution in [0.15, 0.2) is 30.5 Å². The third kappa shape index (κ3) is 1.63. The molecule has 0 aliphatic carbocycles. The van der Waals surface area contributed by atoms with Gasteiger partial charge in [0.1, 0.15) is 5.52 Å². The molecule has 0 bridgehead atoms. The normalized spacial score (nSPS) is 11.0. The molecule has 3 aromatic rings. The predicted octanol–water partition coefficient (Wildman–Crippen LogP) is 0.978. The smallest absolute Gasteiger partial charge is 0.252 e. The summed E-state index contributed by atoms with van der Waals surface area (Å²) in [6, 6.07) is 7.69. The summed E-state index contributed by atoms with van der Waals surface area (Å²) in [5.74, 6) is 0.512. The summed E-state index contributed by atoms with van der Waals surface area (Å²) >= 11 is 0. The van der Waals surface area contributed by atoms with Crippen LogP contribution in [0.25, 0.3) is 17.0 Å². The summed E-state index contributed by atoms with van der Waals surface area (Å²) < 4.78 is 1.63. The van der Waals surface area contributed by atoms with Crippen LogP contribution in [0.2, 0.25) is 0 Å². The maximum atomic E-state index is 5.60. The highest BCUT2D eigenvalue weighted by Crippen LogP contribution is 2.13. The van der Waals surface area contributed by atoms with E-state index in [2.05, 4.69) is 20.3 Å². The molecule has 2 heterocycles. The lowest BCUT2D eigenvalue weighted by molar-refractivity contribution is 0.763. The first-order valence-corrected chi connectivity index (χ1v) is 5.63. The number of nitrogens with zero attached hydrogens (tertiary/aromatic N) is 5. The minimum Gasteiger partial charge on any atom is -0.326 e. The average molecular weight is 240 g/mol. The van der Waals surface area contributed by atoms with Gasteiger partial charge < -0.3 is 5.73 Å². The van der Waals surface area contributed by atoms with Crippen molar-refractivity contribution >= 4 is 11.0 Å². The number of hydrogen-bond acceptors (Lipinski definition) is 5. The number of hydrogen-bond donors (Lipinski definition) is 1. The van der Waals surface area contributed by atoms with Crippen molar-refractivity contribution in [2.45, 2.75) is 13.5 Å². The van der Waals surface area contributed by atoms with Gasteiger partial charge in [0, 0.05) is 24.0 Å². The van der Waals surface area contributed by atoms with Crippen molar-refractivity contribution in [3.05, 3.63) is 41.7 Å². The molecule has 0 radical (unpaired) electrons. The number of aryl methyl sites for hydroxylation is 1. The Morgan fingerprint density at radius 2 is 2.11 bits per heavy atom. The van der Waals surface area contributed by atoms with Crippen LogP contribution in [0.4, 0.5) is 0 Å². The summed E-state index contributed by atoms with van der Waals surface area (Å²) in [6.45, 7) is 2.34.